The van der Waals surface area contributed by atoms with Crippen molar-refractivity contribution in [3.63, 3.8) is 0 Å². The summed E-state index contributed by atoms with van der Waals surface area (Å²) in [5.74, 6) is -0.184. The second-order valence-electron chi connectivity index (χ2n) is 4.43. The summed E-state index contributed by atoms with van der Waals surface area (Å²) in [5.41, 5.74) is 2.62. The summed E-state index contributed by atoms with van der Waals surface area (Å²) >= 11 is 15.4. The molecule has 0 aliphatic carbocycles. The van der Waals surface area contributed by atoms with Gasteiger partial charge in [0.1, 0.15) is 5.82 Å². The van der Waals surface area contributed by atoms with Gasteiger partial charge in [0.2, 0.25) is 0 Å². The molecule has 1 unspecified atom stereocenters. The first-order chi connectivity index (χ1) is 8.97. The van der Waals surface area contributed by atoms with E-state index in [2.05, 4.69) is 15.9 Å². The Hall–Kier alpha value is -0.570. The summed E-state index contributed by atoms with van der Waals surface area (Å²) in [4.78, 5) is 0.0415. The van der Waals surface area contributed by atoms with Gasteiger partial charge in [0.15, 0.2) is 0 Å². The van der Waals surface area contributed by atoms with Crippen molar-refractivity contribution < 1.29 is 4.39 Å². The maximum Gasteiger partial charge on any atom is 0.126 e. The van der Waals surface area contributed by atoms with Crippen molar-refractivity contribution in [3.05, 3.63) is 69.0 Å². The topological polar surface area (TPSA) is 0 Å². The lowest BCUT2D eigenvalue weighted by atomic mass is 10.0. The van der Waals surface area contributed by atoms with Crippen molar-refractivity contribution in [2.75, 3.05) is 0 Å². The number of benzene rings is 2. The second-order valence-corrected chi connectivity index (χ2v) is 6.35. The highest BCUT2D eigenvalue weighted by atomic mass is 79.9. The average molecular weight is 362 g/mol. The van der Waals surface area contributed by atoms with Gasteiger partial charge >= 0.3 is 0 Å². The molecule has 1 atom stereocenters. The van der Waals surface area contributed by atoms with Gasteiger partial charge in [-0.15, -0.1) is 0 Å². The lowest BCUT2D eigenvalue weighted by Gasteiger charge is -2.12. The first-order valence-corrected chi connectivity index (χ1v) is 7.48. The maximum absolute atomic E-state index is 13.5. The largest absolute Gasteiger partial charge is 0.207 e. The Labute approximate surface area is 130 Å². The fourth-order valence-electron chi connectivity index (χ4n) is 1.80. The van der Waals surface area contributed by atoms with E-state index < -0.39 is 0 Å². The van der Waals surface area contributed by atoms with E-state index in [1.165, 1.54) is 0 Å². The smallest absolute Gasteiger partial charge is 0.126 e. The Morgan fingerprint density at radius 1 is 1.11 bits per heavy atom. The van der Waals surface area contributed by atoms with Crippen LogP contribution >= 0.6 is 39.1 Å². The molecule has 0 spiro atoms. The predicted octanol–water partition coefficient (Wildman–Crippen LogP) is 6.12. The van der Waals surface area contributed by atoms with Crippen LogP contribution in [0.3, 0.4) is 0 Å². The quantitative estimate of drug-likeness (QED) is 0.577. The fourth-order valence-corrected chi connectivity index (χ4v) is 2.77. The molecular weight excluding hydrogens is 350 g/mol. The standard InChI is InChI=1S/C15H12BrCl2F/c1-9-2-4-11(8-15(9)19)12(16)6-10-3-5-13(17)14(18)7-10/h2-5,7-8,12H,6H2,1H3. The normalized spacial score (nSPS) is 12.5. The zero-order valence-corrected chi connectivity index (χ0v) is 13.4. The van der Waals surface area contributed by atoms with E-state index in [1.807, 2.05) is 18.2 Å². The molecule has 2 aromatic carbocycles. The Balaban J connectivity index is 2.17. The maximum atomic E-state index is 13.5. The summed E-state index contributed by atoms with van der Waals surface area (Å²) in [6.07, 6.45) is 0.722. The van der Waals surface area contributed by atoms with Crippen LogP contribution in [-0.4, -0.2) is 0 Å². The van der Waals surface area contributed by atoms with Crippen LogP contribution in [0.4, 0.5) is 4.39 Å². The van der Waals surface area contributed by atoms with Gasteiger partial charge in [-0.2, -0.15) is 0 Å². The fraction of sp³-hybridized carbons (Fsp3) is 0.200. The minimum absolute atomic E-state index is 0.0415. The van der Waals surface area contributed by atoms with Crippen LogP contribution in [0.2, 0.25) is 10.0 Å². The number of aryl methyl sites for hydroxylation is 1. The van der Waals surface area contributed by atoms with Crippen LogP contribution in [-0.2, 0) is 6.42 Å². The van der Waals surface area contributed by atoms with Crippen LogP contribution in [0.1, 0.15) is 21.5 Å². The van der Waals surface area contributed by atoms with E-state index in [0.29, 0.717) is 15.6 Å². The molecular formula is C15H12BrCl2F. The molecule has 0 bridgehead atoms. The van der Waals surface area contributed by atoms with Gasteiger partial charge in [0, 0.05) is 4.83 Å². The van der Waals surface area contributed by atoms with Gasteiger partial charge in [-0.05, 0) is 48.2 Å². The molecule has 19 heavy (non-hydrogen) atoms. The first-order valence-electron chi connectivity index (χ1n) is 5.81. The lowest BCUT2D eigenvalue weighted by molar-refractivity contribution is 0.615. The van der Waals surface area contributed by atoms with Gasteiger partial charge in [-0.1, -0.05) is 57.3 Å². The summed E-state index contributed by atoms with van der Waals surface area (Å²) in [6.45, 7) is 1.75. The molecule has 100 valence electrons. The van der Waals surface area contributed by atoms with E-state index >= 15 is 0 Å². The molecule has 0 heterocycles. The summed E-state index contributed by atoms with van der Waals surface area (Å²) < 4.78 is 13.5. The van der Waals surface area contributed by atoms with Crippen molar-refractivity contribution in [2.45, 2.75) is 18.2 Å². The van der Waals surface area contributed by atoms with Gasteiger partial charge in [-0.25, -0.2) is 4.39 Å². The summed E-state index contributed by atoms with van der Waals surface area (Å²) in [5, 5.41) is 1.08. The number of alkyl halides is 1. The molecule has 0 aromatic heterocycles. The monoisotopic (exact) mass is 360 g/mol. The first kappa shape index (κ1) is 14.8. The molecule has 0 nitrogen and oxygen atoms in total. The van der Waals surface area contributed by atoms with Crippen molar-refractivity contribution >= 4 is 39.1 Å². The molecule has 2 aromatic rings. The molecule has 0 saturated carbocycles. The number of halogens is 4. The van der Waals surface area contributed by atoms with Crippen molar-refractivity contribution in [3.8, 4) is 0 Å². The van der Waals surface area contributed by atoms with Crippen molar-refractivity contribution in [2.24, 2.45) is 0 Å². The van der Waals surface area contributed by atoms with E-state index in [4.69, 9.17) is 23.2 Å². The van der Waals surface area contributed by atoms with Crippen LogP contribution in [0, 0.1) is 12.7 Å². The zero-order chi connectivity index (χ0) is 14.0. The predicted molar refractivity (Wildman–Crippen MR) is 83.0 cm³/mol. The average Bonchev–Trinajstić information content (AvgIpc) is 2.37. The Bertz CT molecular complexity index is 599. The molecule has 0 aliphatic heterocycles. The SMILES string of the molecule is Cc1ccc(C(Br)Cc2ccc(Cl)c(Cl)c2)cc1F. The van der Waals surface area contributed by atoms with Crippen molar-refractivity contribution in [1.29, 1.82) is 0 Å². The summed E-state index contributed by atoms with van der Waals surface area (Å²) in [7, 11) is 0. The second kappa shape index (κ2) is 6.25. The minimum Gasteiger partial charge on any atom is -0.207 e. The van der Waals surface area contributed by atoms with E-state index in [0.717, 1.165) is 17.5 Å². The molecule has 0 aliphatic rings. The third-order valence-electron chi connectivity index (χ3n) is 2.96. The Kier molecular flexibility index (Phi) is 4.88. The van der Waals surface area contributed by atoms with Gasteiger partial charge in [-0.3, -0.25) is 0 Å². The molecule has 0 fully saturated rings. The van der Waals surface area contributed by atoms with Crippen LogP contribution < -0.4 is 0 Å². The number of hydrogen-bond acceptors (Lipinski definition) is 0. The van der Waals surface area contributed by atoms with Crippen LogP contribution in [0.5, 0.6) is 0 Å². The molecule has 4 heteroatoms. The molecule has 2 rings (SSSR count). The number of rotatable bonds is 3. The highest BCUT2D eigenvalue weighted by Gasteiger charge is 2.11. The third kappa shape index (κ3) is 3.71. The van der Waals surface area contributed by atoms with Gasteiger partial charge in [0.25, 0.3) is 0 Å². The Morgan fingerprint density at radius 3 is 2.47 bits per heavy atom. The number of hydrogen-bond donors (Lipinski definition) is 0. The third-order valence-corrected chi connectivity index (χ3v) is 4.55. The lowest BCUT2D eigenvalue weighted by Crippen LogP contribution is -1.97. The summed E-state index contributed by atoms with van der Waals surface area (Å²) in [6, 6.07) is 10.8. The van der Waals surface area contributed by atoms with E-state index in [9.17, 15) is 4.39 Å². The molecule has 0 amide bonds. The van der Waals surface area contributed by atoms with E-state index in [-0.39, 0.29) is 10.6 Å². The highest BCUT2D eigenvalue weighted by Crippen LogP contribution is 2.30. The van der Waals surface area contributed by atoms with E-state index in [1.54, 1.807) is 25.1 Å². The molecule has 0 radical (unpaired) electrons. The van der Waals surface area contributed by atoms with Crippen LogP contribution in [0.25, 0.3) is 0 Å². The van der Waals surface area contributed by atoms with Gasteiger partial charge in [0.05, 0.1) is 10.0 Å². The minimum atomic E-state index is -0.184. The molecule has 0 saturated heterocycles. The zero-order valence-electron chi connectivity index (χ0n) is 10.3. The Morgan fingerprint density at radius 2 is 1.84 bits per heavy atom. The highest BCUT2D eigenvalue weighted by molar-refractivity contribution is 9.09. The van der Waals surface area contributed by atoms with Crippen molar-refractivity contribution in [1.82, 2.24) is 0 Å². The van der Waals surface area contributed by atoms with Crippen LogP contribution in [0.15, 0.2) is 36.4 Å². The molecule has 0 N–H and O–H groups in total. The van der Waals surface area contributed by atoms with Gasteiger partial charge < -0.3 is 0 Å².